The number of carbonyl (C=O) groups is 1. The van der Waals surface area contributed by atoms with E-state index in [1.807, 2.05) is 41.2 Å². The van der Waals surface area contributed by atoms with Crippen LogP contribution < -0.4 is 32.5 Å². The van der Waals surface area contributed by atoms with Crippen molar-refractivity contribution in [3.8, 4) is 0 Å². The van der Waals surface area contributed by atoms with Crippen LogP contribution in [0.25, 0.3) is 11.0 Å². The number of halogens is 2. The minimum atomic E-state index is -0.665. The molecule has 0 radical (unpaired) electrons. The van der Waals surface area contributed by atoms with Gasteiger partial charge in [0.2, 0.25) is 0 Å². The second kappa shape index (κ2) is 9.45. The minimum absolute atomic E-state index is 0. The molecule has 0 unspecified atom stereocenters. The lowest BCUT2D eigenvalue weighted by molar-refractivity contribution is -0.688. The molecule has 0 spiro atoms. The van der Waals surface area contributed by atoms with E-state index in [0.717, 1.165) is 11.1 Å². The van der Waals surface area contributed by atoms with Crippen molar-refractivity contribution in [2.45, 2.75) is 13.1 Å². The Hall–Kier alpha value is -3.32. The number of aromatic nitrogens is 1. The normalized spacial score (nSPS) is 10.4. The molecular formula is C23H18BrFN2O3. The summed E-state index contributed by atoms with van der Waals surface area (Å²) in [6, 6.07) is 18.8. The van der Waals surface area contributed by atoms with Crippen LogP contribution in [-0.4, -0.2) is 5.91 Å². The van der Waals surface area contributed by atoms with Gasteiger partial charge >= 0.3 is 5.63 Å². The van der Waals surface area contributed by atoms with Gasteiger partial charge in [-0.1, -0.05) is 30.3 Å². The van der Waals surface area contributed by atoms with Gasteiger partial charge in [-0.3, -0.25) is 4.79 Å². The third-order valence-electron chi connectivity index (χ3n) is 4.55. The smallest absolute Gasteiger partial charge is 0.349 e. The van der Waals surface area contributed by atoms with E-state index < -0.39 is 11.5 Å². The molecule has 30 heavy (non-hydrogen) atoms. The third kappa shape index (κ3) is 4.99. The summed E-state index contributed by atoms with van der Waals surface area (Å²) in [7, 11) is 0. The summed E-state index contributed by atoms with van der Waals surface area (Å²) in [6.07, 6.45) is 3.72. The van der Waals surface area contributed by atoms with Gasteiger partial charge in [0.1, 0.15) is 17.0 Å². The van der Waals surface area contributed by atoms with Crippen molar-refractivity contribution in [1.29, 1.82) is 0 Å². The first-order valence-corrected chi connectivity index (χ1v) is 9.12. The van der Waals surface area contributed by atoms with Crippen molar-refractivity contribution in [1.82, 2.24) is 5.32 Å². The Bertz CT molecular complexity index is 1240. The number of benzene rings is 2. The average molecular weight is 469 g/mol. The number of pyridine rings is 1. The van der Waals surface area contributed by atoms with Crippen LogP contribution in [0, 0.1) is 5.82 Å². The zero-order valence-electron chi connectivity index (χ0n) is 15.8. The maximum absolute atomic E-state index is 13.3. The standard InChI is InChI=1S/C23H17FN2O3.BrH/c24-19-6-3-4-17(12-19)15-26-10-8-16(9-11-26)14-25-22(27)20-13-18-5-1-2-7-21(18)29-23(20)28;/h1-13H,14-15H2;1H. The zero-order chi connectivity index (χ0) is 20.2. The van der Waals surface area contributed by atoms with Crippen molar-refractivity contribution in [3.63, 3.8) is 0 Å². The van der Waals surface area contributed by atoms with Crippen LogP contribution in [-0.2, 0) is 13.1 Å². The maximum atomic E-state index is 13.3. The number of hydrogen-bond donors (Lipinski definition) is 1. The van der Waals surface area contributed by atoms with Gasteiger partial charge < -0.3 is 26.7 Å². The van der Waals surface area contributed by atoms with Crippen LogP contribution in [0.15, 0.2) is 88.3 Å². The van der Waals surface area contributed by atoms with E-state index in [0.29, 0.717) is 17.5 Å². The van der Waals surface area contributed by atoms with Gasteiger partial charge in [0.15, 0.2) is 18.9 Å². The molecule has 4 aromatic rings. The highest BCUT2D eigenvalue weighted by atomic mass is 79.9. The highest BCUT2D eigenvalue weighted by Crippen LogP contribution is 2.12. The first-order valence-electron chi connectivity index (χ1n) is 9.12. The molecule has 1 N–H and O–H groups in total. The van der Waals surface area contributed by atoms with Crippen LogP contribution in [0.4, 0.5) is 4.39 Å². The number of carbonyl (C=O) groups excluding carboxylic acids is 1. The van der Waals surface area contributed by atoms with Crippen molar-refractivity contribution in [2.75, 3.05) is 0 Å². The van der Waals surface area contributed by atoms with Gasteiger partial charge in [-0.15, -0.1) is 0 Å². The van der Waals surface area contributed by atoms with Crippen LogP contribution >= 0.6 is 0 Å². The van der Waals surface area contributed by atoms with Crippen LogP contribution in [0.2, 0.25) is 0 Å². The molecule has 0 saturated carbocycles. The molecule has 0 aliphatic heterocycles. The number of amides is 1. The Kier molecular flexibility index (Phi) is 6.74. The lowest BCUT2D eigenvalue weighted by Crippen LogP contribution is -3.00. The van der Waals surface area contributed by atoms with Gasteiger partial charge in [0.25, 0.3) is 5.91 Å². The molecule has 2 aromatic heterocycles. The van der Waals surface area contributed by atoms with Gasteiger partial charge in [0, 0.05) is 29.6 Å². The molecule has 0 aliphatic carbocycles. The molecule has 7 heteroatoms. The largest absolute Gasteiger partial charge is 1.00 e. The fourth-order valence-corrected chi connectivity index (χ4v) is 3.06. The van der Waals surface area contributed by atoms with E-state index in [1.165, 1.54) is 18.2 Å². The van der Waals surface area contributed by atoms with Crippen LogP contribution in [0.1, 0.15) is 21.5 Å². The lowest BCUT2D eigenvalue weighted by Gasteiger charge is -2.05. The Morgan fingerprint density at radius 1 is 0.967 bits per heavy atom. The molecule has 5 nitrogen and oxygen atoms in total. The lowest BCUT2D eigenvalue weighted by atomic mass is 10.1. The number of hydrogen-bond acceptors (Lipinski definition) is 3. The SMILES string of the molecule is O=C(NCc1cc[n+](Cc2cccc(F)c2)cc1)c1cc2ccccc2oc1=O.[Br-]. The molecule has 152 valence electrons. The predicted molar refractivity (Wildman–Crippen MR) is 106 cm³/mol. The van der Waals surface area contributed by atoms with Crippen molar-refractivity contribution < 1.29 is 35.2 Å². The maximum Gasteiger partial charge on any atom is 0.349 e. The number of rotatable bonds is 5. The summed E-state index contributed by atoms with van der Waals surface area (Å²) in [4.78, 5) is 24.5. The minimum Gasteiger partial charge on any atom is -1.00 e. The second-order valence-electron chi connectivity index (χ2n) is 6.68. The monoisotopic (exact) mass is 468 g/mol. The number of nitrogens with zero attached hydrogens (tertiary/aromatic N) is 1. The van der Waals surface area contributed by atoms with E-state index in [-0.39, 0.29) is 34.9 Å². The number of para-hydroxylation sites is 1. The van der Waals surface area contributed by atoms with E-state index in [9.17, 15) is 14.0 Å². The third-order valence-corrected chi connectivity index (χ3v) is 4.55. The highest BCUT2D eigenvalue weighted by molar-refractivity contribution is 5.96. The quantitative estimate of drug-likeness (QED) is 0.336. The fourth-order valence-electron chi connectivity index (χ4n) is 3.06. The molecule has 0 atom stereocenters. The van der Waals surface area contributed by atoms with E-state index in [4.69, 9.17) is 4.42 Å². The van der Waals surface area contributed by atoms with Gasteiger partial charge in [0.05, 0.1) is 0 Å². The first-order chi connectivity index (χ1) is 14.1. The molecule has 0 aliphatic rings. The molecule has 0 fully saturated rings. The molecule has 0 saturated heterocycles. The average Bonchev–Trinajstić information content (AvgIpc) is 2.72. The summed E-state index contributed by atoms with van der Waals surface area (Å²) in [5, 5.41) is 3.43. The predicted octanol–water partition coefficient (Wildman–Crippen LogP) is 0.202. The number of nitrogens with one attached hydrogen (secondary N) is 1. The molecule has 1 amide bonds. The Morgan fingerprint density at radius 2 is 1.73 bits per heavy atom. The van der Waals surface area contributed by atoms with Crippen molar-refractivity contribution >= 4 is 16.9 Å². The summed E-state index contributed by atoms with van der Waals surface area (Å²) in [5.41, 5.74) is 1.49. The fraction of sp³-hybridized carbons (Fsp3) is 0.0870. The van der Waals surface area contributed by atoms with Crippen LogP contribution in [0.5, 0.6) is 0 Å². The summed E-state index contributed by atoms with van der Waals surface area (Å²) in [6.45, 7) is 0.814. The molecule has 2 heterocycles. The van der Waals surface area contributed by atoms with E-state index >= 15 is 0 Å². The first kappa shape index (κ1) is 21.4. The van der Waals surface area contributed by atoms with Crippen LogP contribution in [0.3, 0.4) is 0 Å². The van der Waals surface area contributed by atoms with Crippen molar-refractivity contribution in [3.05, 3.63) is 112 Å². The Balaban J connectivity index is 0.00000256. The van der Waals surface area contributed by atoms with E-state index in [1.54, 1.807) is 24.3 Å². The Morgan fingerprint density at radius 3 is 2.50 bits per heavy atom. The van der Waals surface area contributed by atoms with Gasteiger partial charge in [-0.05, 0) is 29.8 Å². The summed E-state index contributed by atoms with van der Waals surface area (Å²) in [5.74, 6) is -0.749. The highest BCUT2D eigenvalue weighted by Gasteiger charge is 2.13. The molecule has 4 rings (SSSR count). The Labute approximate surface area is 182 Å². The number of fused-ring (bicyclic) bond motifs is 1. The zero-order valence-corrected chi connectivity index (χ0v) is 17.4. The topological polar surface area (TPSA) is 63.2 Å². The van der Waals surface area contributed by atoms with E-state index in [2.05, 4.69) is 5.32 Å². The molecular weight excluding hydrogens is 451 g/mol. The molecule has 2 aromatic carbocycles. The van der Waals surface area contributed by atoms with Crippen molar-refractivity contribution in [2.24, 2.45) is 0 Å². The summed E-state index contributed by atoms with van der Waals surface area (Å²) < 4.78 is 20.4. The molecule has 0 bridgehead atoms. The van der Waals surface area contributed by atoms with Gasteiger partial charge in [-0.25, -0.2) is 13.8 Å². The van der Waals surface area contributed by atoms with Gasteiger partial charge in [-0.2, -0.15) is 0 Å². The summed E-state index contributed by atoms with van der Waals surface area (Å²) >= 11 is 0. The second-order valence-corrected chi connectivity index (χ2v) is 6.68.